The summed E-state index contributed by atoms with van der Waals surface area (Å²) in [4.78, 5) is 3.87. The lowest BCUT2D eigenvalue weighted by molar-refractivity contribution is 0.601. The van der Waals surface area contributed by atoms with E-state index in [-0.39, 0.29) is 10.7 Å². The van der Waals surface area contributed by atoms with Gasteiger partial charge < -0.3 is 5.43 Å². The number of hydrogen-bond acceptors (Lipinski definition) is 5. The largest absolute Gasteiger partial charge is 0.307 e. The maximum Gasteiger partial charge on any atom is 0.265 e. The van der Waals surface area contributed by atoms with Gasteiger partial charge in [0.25, 0.3) is 10.0 Å². The number of sulfonamides is 1. The highest BCUT2D eigenvalue weighted by Gasteiger charge is 2.19. The van der Waals surface area contributed by atoms with Gasteiger partial charge in [0.05, 0.1) is 5.69 Å². The summed E-state index contributed by atoms with van der Waals surface area (Å²) in [5.74, 6) is 5.37. The molecule has 0 bridgehead atoms. The summed E-state index contributed by atoms with van der Waals surface area (Å²) in [5.41, 5.74) is 3.63. The first-order valence-corrected chi connectivity index (χ1v) is 7.03. The van der Waals surface area contributed by atoms with Crippen molar-refractivity contribution in [2.75, 3.05) is 10.1 Å². The third-order valence-electron chi connectivity index (χ3n) is 2.59. The number of rotatable bonds is 4. The molecule has 0 saturated carbocycles. The van der Waals surface area contributed by atoms with Gasteiger partial charge in [-0.1, -0.05) is 18.2 Å². The van der Waals surface area contributed by atoms with Crippen LogP contribution in [0.15, 0.2) is 47.5 Å². The fourth-order valence-corrected chi connectivity index (χ4v) is 2.86. The molecule has 0 aliphatic heterocycles. The first kappa shape index (κ1) is 13.3. The van der Waals surface area contributed by atoms with E-state index in [9.17, 15) is 8.42 Å². The molecule has 0 spiro atoms. The molecule has 1 heterocycles. The quantitative estimate of drug-likeness (QED) is 0.581. The molecule has 6 nitrogen and oxygen atoms in total. The first-order chi connectivity index (χ1) is 9.04. The van der Waals surface area contributed by atoms with Crippen LogP contribution in [0.5, 0.6) is 0 Å². The zero-order chi connectivity index (χ0) is 13.9. The standard InChI is InChI=1S/C12H14N4O2S/c1-9-5-2-3-6-10(9)16-19(17,18)11-7-4-8-14-12(11)15-13/h2-8,16H,13H2,1H3,(H,14,15). The van der Waals surface area contributed by atoms with Gasteiger partial charge in [-0.25, -0.2) is 19.2 Å². The Morgan fingerprint density at radius 3 is 2.58 bits per heavy atom. The van der Waals surface area contributed by atoms with E-state index < -0.39 is 10.0 Å². The number of nitrogens with two attached hydrogens (primary N) is 1. The summed E-state index contributed by atoms with van der Waals surface area (Å²) in [5, 5.41) is 0. The van der Waals surface area contributed by atoms with Gasteiger partial charge in [0.15, 0.2) is 5.82 Å². The van der Waals surface area contributed by atoms with Crippen LogP contribution in [0.4, 0.5) is 11.5 Å². The summed E-state index contributed by atoms with van der Waals surface area (Å²) < 4.78 is 27.1. The molecule has 0 saturated heterocycles. The van der Waals surface area contributed by atoms with Crippen molar-refractivity contribution in [1.82, 2.24) is 4.98 Å². The van der Waals surface area contributed by atoms with Gasteiger partial charge >= 0.3 is 0 Å². The number of pyridine rings is 1. The topological polar surface area (TPSA) is 97.1 Å². The zero-order valence-corrected chi connectivity index (χ0v) is 11.1. The van der Waals surface area contributed by atoms with E-state index in [0.29, 0.717) is 5.69 Å². The van der Waals surface area contributed by atoms with Gasteiger partial charge in [-0.05, 0) is 30.7 Å². The van der Waals surface area contributed by atoms with Gasteiger partial charge in [-0.3, -0.25) is 4.72 Å². The smallest absolute Gasteiger partial charge is 0.265 e. The highest BCUT2D eigenvalue weighted by molar-refractivity contribution is 7.92. The fourth-order valence-electron chi connectivity index (χ4n) is 1.60. The number of anilines is 2. The number of hydrogen-bond donors (Lipinski definition) is 3. The second-order valence-corrected chi connectivity index (χ2v) is 5.57. The Hall–Kier alpha value is -2.12. The molecule has 0 atom stereocenters. The molecule has 0 amide bonds. The SMILES string of the molecule is Cc1ccccc1NS(=O)(=O)c1cccnc1NN. The number of nitrogens with zero attached hydrogens (tertiary/aromatic N) is 1. The lowest BCUT2D eigenvalue weighted by Gasteiger charge is -2.12. The van der Waals surface area contributed by atoms with Gasteiger partial charge in [0.1, 0.15) is 4.90 Å². The van der Waals surface area contributed by atoms with Crippen LogP contribution in [0.3, 0.4) is 0 Å². The minimum Gasteiger partial charge on any atom is -0.307 e. The Kier molecular flexibility index (Phi) is 3.68. The second kappa shape index (κ2) is 5.25. The van der Waals surface area contributed by atoms with E-state index in [0.717, 1.165) is 5.56 Å². The summed E-state index contributed by atoms with van der Waals surface area (Å²) in [6.07, 6.45) is 1.46. The molecule has 0 aliphatic rings. The minimum atomic E-state index is -3.73. The molecular weight excluding hydrogens is 264 g/mol. The van der Waals surface area contributed by atoms with Gasteiger partial charge in [-0.15, -0.1) is 0 Å². The molecule has 100 valence electrons. The number of aryl methyl sites for hydroxylation is 1. The molecule has 4 N–H and O–H groups in total. The van der Waals surface area contributed by atoms with Gasteiger partial charge in [0.2, 0.25) is 0 Å². The van der Waals surface area contributed by atoms with Crippen molar-refractivity contribution < 1.29 is 8.42 Å². The number of nitrogen functional groups attached to an aromatic ring is 1. The van der Waals surface area contributed by atoms with Crippen molar-refractivity contribution >= 4 is 21.5 Å². The van der Waals surface area contributed by atoms with Gasteiger partial charge in [-0.2, -0.15) is 0 Å². The van der Waals surface area contributed by atoms with Crippen molar-refractivity contribution in [2.45, 2.75) is 11.8 Å². The summed E-state index contributed by atoms with van der Waals surface area (Å²) >= 11 is 0. The van der Waals surface area contributed by atoms with Crippen LogP contribution in [0, 0.1) is 6.92 Å². The normalized spacial score (nSPS) is 11.1. The van der Waals surface area contributed by atoms with Crippen LogP contribution in [-0.4, -0.2) is 13.4 Å². The van der Waals surface area contributed by atoms with Crippen LogP contribution < -0.4 is 16.0 Å². The maximum absolute atomic E-state index is 12.3. The average Bonchev–Trinajstić information content (AvgIpc) is 2.41. The van der Waals surface area contributed by atoms with E-state index in [4.69, 9.17) is 5.84 Å². The molecule has 0 unspecified atom stereocenters. The molecule has 0 aliphatic carbocycles. The average molecular weight is 278 g/mol. The molecule has 1 aromatic carbocycles. The Balaban J connectivity index is 2.41. The van der Waals surface area contributed by atoms with Crippen LogP contribution in [0.1, 0.15) is 5.56 Å². The van der Waals surface area contributed by atoms with Crippen molar-refractivity contribution in [3.63, 3.8) is 0 Å². The number of aromatic nitrogens is 1. The summed E-state index contributed by atoms with van der Waals surface area (Å²) in [7, 11) is -3.73. The van der Waals surface area contributed by atoms with E-state index in [1.165, 1.54) is 18.3 Å². The van der Waals surface area contributed by atoms with Crippen LogP contribution >= 0.6 is 0 Å². The monoisotopic (exact) mass is 278 g/mol. The lowest BCUT2D eigenvalue weighted by Crippen LogP contribution is -2.18. The third-order valence-corrected chi connectivity index (χ3v) is 3.98. The molecule has 2 rings (SSSR count). The Morgan fingerprint density at radius 1 is 1.16 bits per heavy atom. The van der Waals surface area contributed by atoms with Crippen molar-refractivity contribution in [3.8, 4) is 0 Å². The van der Waals surface area contributed by atoms with Crippen molar-refractivity contribution in [3.05, 3.63) is 48.2 Å². The Labute approximate surface area is 111 Å². The van der Waals surface area contributed by atoms with E-state index >= 15 is 0 Å². The highest BCUT2D eigenvalue weighted by Crippen LogP contribution is 2.22. The third kappa shape index (κ3) is 2.83. The summed E-state index contributed by atoms with van der Waals surface area (Å²) in [6, 6.07) is 10.1. The predicted molar refractivity (Wildman–Crippen MR) is 74.0 cm³/mol. The Morgan fingerprint density at radius 2 is 1.89 bits per heavy atom. The van der Waals surface area contributed by atoms with Crippen molar-refractivity contribution in [2.24, 2.45) is 5.84 Å². The number of hydrazine groups is 1. The molecule has 0 fully saturated rings. The summed E-state index contributed by atoms with van der Waals surface area (Å²) in [6.45, 7) is 1.82. The molecule has 2 aromatic rings. The van der Waals surface area contributed by atoms with Crippen LogP contribution in [-0.2, 0) is 10.0 Å². The molecule has 1 aromatic heterocycles. The number of para-hydroxylation sites is 1. The van der Waals surface area contributed by atoms with E-state index in [1.54, 1.807) is 12.1 Å². The molecular formula is C12H14N4O2S. The van der Waals surface area contributed by atoms with Crippen LogP contribution in [0.25, 0.3) is 0 Å². The first-order valence-electron chi connectivity index (χ1n) is 5.54. The maximum atomic E-state index is 12.3. The highest BCUT2D eigenvalue weighted by atomic mass is 32.2. The zero-order valence-electron chi connectivity index (χ0n) is 10.3. The minimum absolute atomic E-state index is 0.000697. The molecule has 7 heteroatoms. The van der Waals surface area contributed by atoms with E-state index in [1.807, 2.05) is 19.1 Å². The van der Waals surface area contributed by atoms with E-state index in [2.05, 4.69) is 15.1 Å². The predicted octanol–water partition coefficient (Wildman–Crippen LogP) is 1.48. The van der Waals surface area contributed by atoms with Gasteiger partial charge in [0, 0.05) is 6.20 Å². The fraction of sp³-hybridized carbons (Fsp3) is 0.0833. The second-order valence-electron chi connectivity index (χ2n) is 3.91. The number of nitrogens with one attached hydrogen (secondary N) is 2. The molecule has 19 heavy (non-hydrogen) atoms. The molecule has 0 radical (unpaired) electrons. The Bertz CT molecular complexity index is 686. The van der Waals surface area contributed by atoms with Crippen molar-refractivity contribution in [1.29, 1.82) is 0 Å². The number of benzene rings is 1. The lowest BCUT2D eigenvalue weighted by atomic mass is 10.2. The van der Waals surface area contributed by atoms with Crippen LogP contribution in [0.2, 0.25) is 0 Å².